The number of carbonyl (C=O) groups is 2. The number of aliphatic hydroxyl groups is 1. The molecule has 2 aliphatic rings. The van der Waals surface area contributed by atoms with Crippen LogP contribution in [0.3, 0.4) is 0 Å². The fourth-order valence-electron chi connectivity index (χ4n) is 4.42. The number of piperidine rings is 1. The van der Waals surface area contributed by atoms with Crippen LogP contribution in [0.2, 0.25) is 0 Å². The third-order valence-corrected chi connectivity index (χ3v) is 6.28. The average Bonchev–Trinajstić information content (AvgIpc) is 2.97. The van der Waals surface area contributed by atoms with Crippen LogP contribution >= 0.6 is 0 Å². The average molecular weight is 408 g/mol. The zero-order chi connectivity index (χ0) is 21.3. The Morgan fingerprint density at radius 1 is 1.13 bits per heavy atom. The maximum absolute atomic E-state index is 13.4. The van der Waals surface area contributed by atoms with Gasteiger partial charge >= 0.3 is 0 Å². The minimum absolute atomic E-state index is 0.323. The molecule has 0 spiro atoms. The van der Waals surface area contributed by atoms with Gasteiger partial charge in [-0.1, -0.05) is 37.3 Å². The highest BCUT2D eigenvalue weighted by molar-refractivity contribution is 6.11. The van der Waals surface area contributed by atoms with E-state index in [2.05, 4.69) is 11.8 Å². The zero-order valence-electron chi connectivity index (χ0n) is 17.5. The standard InChI is InChI=1S/C24H28N2O4/c1-17-11-13-25(14-12-17)16-26-20-9-5-4-8-19(20)24(29,23(26)28)15-21(27)18-7-3-6-10-22(18)30-2/h3-10,17,29H,11-16H2,1-2H3. The van der Waals surface area contributed by atoms with Crippen LogP contribution in [0.15, 0.2) is 48.5 Å². The Kier molecular flexibility index (Phi) is 5.62. The van der Waals surface area contributed by atoms with E-state index in [-0.39, 0.29) is 12.2 Å². The lowest BCUT2D eigenvalue weighted by molar-refractivity contribution is -0.136. The van der Waals surface area contributed by atoms with Crippen LogP contribution in [0.1, 0.15) is 42.1 Å². The predicted octanol–water partition coefficient (Wildman–Crippen LogP) is 3.19. The molecule has 30 heavy (non-hydrogen) atoms. The summed E-state index contributed by atoms with van der Waals surface area (Å²) in [6.07, 6.45) is 1.87. The molecule has 0 aromatic heterocycles. The van der Waals surface area contributed by atoms with E-state index in [4.69, 9.17) is 4.74 Å². The lowest BCUT2D eigenvalue weighted by atomic mass is 9.88. The molecule has 0 aliphatic carbocycles. The summed E-state index contributed by atoms with van der Waals surface area (Å²) < 4.78 is 5.29. The van der Waals surface area contributed by atoms with Crippen molar-refractivity contribution >= 4 is 17.4 Å². The lowest BCUT2D eigenvalue weighted by Gasteiger charge is -2.34. The number of likely N-dealkylation sites (tertiary alicyclic amines) is 1. The van der Waals surface area contributed by atoms with Crippen LogP contribution in [0.4, 0.5) is 5.69 Å². The second-order valence-electron chi connectivity index (χ2n) is 8.35. The van der Waals surface area contributed by atoms with Gasteiger partial charge in [0.1, 0.15) is 5.75 Å². The summed E-state index contributed by atoms with van der Waals surface area (Å²) in [6, 6.07) is 14.1. The van der Waals surface area contributed by atoms with Crippen LogP contribution in [0.25, 0.3) is 0 Å². The number of anilines is 1. The summed E-state index contributed by atoms with van der Waals surface area (Å²) in [5, 5.41) is 11.5. The Bertz CT molecular complexity index is 952. The van der Waals surface area contributed by atoms with E-state index < -0.39 is 11.5 Å². The number of fused-ring (bicyclic) bond motifs is 1. The summed E-state index contributed by atoms with van der Waals surface area (Å²) >= 11 is 0. The number of Topliss-reactive ketones (excluding diaryl/α,β-unsaturated/α-hetero) is 1. The minimum Gasteiger partial charge on any atom is -0.496 e. The van der Waals surface area contributed by atoms with Gasteiger partial charge < -0.3 is 9.84 Å². The molecule has 1 N–H and O–H groups in total. The van der Waals surface area contributed by atoms with Crippen molar-refractivity contribution in [1.82, 2.24) is 4.90 Å². The molecule has 1 saturated heterocycles. The number of ketones is 1. The van der Waals surface area contributed by atoms with Crippen LogP contribution in [0, 0.1) is 5.92 Å². The summed E-state index contributed by atoms with van der Waals surface area (Å²) in [4.78, 5) is 30.3. The van der Waals surface area contributed by atoms with Gasteiger partial charge in [0.05, 0.1) is 31.5 Å². The van der Waals surface area contributed by atoms with Crippen LogP contribution in [0.5, 0.6) is 5.75 Å². The van der Waals surface area contributed by atoms with E-state index >= 15 is 0 Å². The van der Waals surface area contributed by atoms with E-state index in [0.29, 0.717) is 35.2 Å². The molecule has 1 fully saturated rings. The first-order valence-electron chi connectivity index (χ1n) is 10.5. The molecule has 0 radical (unpaired) electrons. The fraction of sp³-hybridized carbons (Fsp3) is 0.417. The highest BCUT2D eigenvalue weighted by Crippen LogP contribution is 2.43. The number of methoxy groups -OCH3 is 1. The number of hydrogen-bond acceptors (Lipinski definition) is 5. The van der Waals surface area contributed by atoms with Gasteiger partial charge in [0.2, 0.25) is 0 Å². The van der Waals surface area contributed by atoms with Crippen LogP contribution < -0.4 is 9.64 Å². The summed E-state index contributed by atoms with van der Waals surface area (Å²) in [5.74, 6) is 0.361. The predicted molar refractivity (Wildman–Crippen MR) is 115 cm³/mol. The monoisotopic (exact) mass is 408 g/mol. The second kappa shape index (κ2) is 8.20. The highest BCUT2D eigenvalue weighted by atomic mass is 16.5. The van der Waals surface area contributed by atoms with Gasteiger partial charge in [-0.2, -0.15) is 0 Å². The first-order valence-corrected chi connectivity index (χ1v) is 10.5. The molecule has 1 atom stereocenters. The van der Waals surface area contributed by atoms with E-state index in [9.17, 15) is 14.7 Å². The van der Waals surface area contributed by atoms with Crippen molar-refractivity contribution in [3.05, 3.63) is 59.7 Å². The normalized spacial score (nSPS) is 22.2. The van der Waals surface area contributed by atoms with Crippen LogP contribution in [-0.4, -0.2) is 48.6 Å². The lowest BCUT2D eigenvalue weighted by Crippen LogP contribution is -2.48. The number of hydrogen-bond donors (Lipinski definition) is 1. The van der Waals surface area contributed by atoms with Gasteiger partial charge in [-0.15, -0.1) is 0 Å². The van der Waals surface area contributed by atoms with Gasteiger partial charge in [-0.25, -0.2) is 0 Å². The van der Waals surface area contributed by atoms with E-state index in [1.165, 1.54) is 7.11 Å². The zero-order valence-corrected chi connectivity index (χ0v) is 17.5. The summed E-state index contributed by atoms with van der Waals surface area (Å²) in [6.45, 7) is 4.51. The smallest absolute Gasteiger partial charge is 0.265 e. The number of carbonyl (C=O) groups excluding carboxylic acids is 2. The fourth-order valence-corrected chi connectivity index (χ4v) is 4.42. The van der Waals surface area contributed by atoms with Gasteiger partial charge in [0.25, 0.3) is 5.91 Å². The van der Waals surface area contributed by atoms with Crippen molar-refractivity contribution < 1.29 is 19.4 Å². The van der Waals surface area contributed by atoms with Gasteiger partial charge in [0, 0.05) is 18.7 Å². The van der Waals surface area contributed by atoms with Crippen molar-refractivity contribution in [2.75, 3.05) is 31.8 Å². The Balaban J connectivity index is 1.61. The van der Waals surface area contributed by atoms with Crippen molar-refractivity contribution in [3.63, 3.8) is 0 Å². The molecule has 1 amide bonds. The Morgan fingerprint density at radius 3 is 2.53 bits per heavy atom. The maximum Gasteiger partial charge on any atom is 0.265 e. The molecule has 0 bridgehead atoms. The molecular formula is C24H28N2O4. The van der Waals surface area contributed by atoms with E-state index in [1.807, 2.05) is 12.1 Å². The molecule has 6 nitrogen and oxygen atoms in total. The molecule has 2 aliphatic heterocycles. The van der Waals surface area contributed by atoms with Crippen molar-refractivity contribution in [1.29, 1.82) is 0 Å². The first-order chi connectivity index (χ1) is 14.4. The number of para-hydroxylation sites is 2. The minimum atomic E-state index is -1.88. The highest BCUT2D eigenvalue weighted by Gasteiger charge is 2.51. The maximum atomic E-state index is 13.4. The Morgan fingerprint density at radius 2 is 1.80 bits per heavy atom. The molecule has 158 valence electrons. The molecule has 6 heteroatoms. The molecule has 0 saturated carbocycles. The van der Waals surface area contributed by atoms with Gasteiger partial charge in [0.15, 0.2) is 11.4 Å². The first kappa shape index (κ1) is 20.6. The van der Waals surface area contributed by atoms with Crippen molar-refractivity contribution in [2.24, 2.45) is 5.92 Å². The number of nitrogens with zero attached hydrogens (tertiary/aromatic N) is 2. The molecule has 2 aromatic carbocycles. The van der Waals surface area contributed by atoms with Crippen molar-refractivity contribution in [2.45, 2.75) is 31.8 Å². The number of ether oxygens (including phenoxy) is 1. The molecular weight excluding hydrogens is 380 g/mol. The second-order valence-corrected chi connectivity index (χ2v) is 8.35. The number of benzene rings is 2. The summed E-state index contributed by atoms with van der Waals surface area (Å²) in [7, 11) is 1.50. The topological polar surface area (TPSA) is 70.1 Å². The van der Waals surface area contributed by atoms with Gasteiger partial charge in [-0.3, -0.25) is 19.4 Å². The molecule has 2 heterocycles. The SMILES string of the molecule is COc1ccccc1C(=O)CC1(O)C(=O)N(CN2CCC(C)CC2)c2ccccc21. The Hall–Kier alpha value is -2.70. The third-order valence-electron chi connectivity index (χ3n) is 6.28. The third kappa shape index (κ3) is 3.61. The number of amides is 1. The number of rotatable bonds is 6. The molecule has 2 aromatic rings. The van der Waals surface area contributed by atoms with Crippen molar-refractivity contribution in [3.8, 4) is 5.75 Å². The van der Waals surface area contributed by atoms with Crippen LogP contribution in [-0.2, 0) is 10.4 Å². The summed E-state index contributed by atoms with van der Waals surface area (Å²) in [5.41, 5.74) is -0.348. The Labute approximate surface area is 177 Å². The van der Waals surface area contributed by atoms with E-state index in [1.54, 1.807) is 41.3 Å². The van der Waals surface area contributed by atoms with E-state index in [0.717, 1.165) is 25.9 Å². The molecule has 1 unspecified atom stereocenters. The molecule has 4 rings (SSSR count). The van der Waals surface area contributed by atoms with Gasteiger partial charge in [-0.05, 0) is 37.0 Å². The quantitative estimate of drug-likeness (QED) is 0.744. The largest absolute Gasteiger partial charge is 0.496 e.